The van der Waals surface area contributed by atoms with E-state index in [0.29, 0.717) is 19.0 Å². The Hall–Kier alpha value is -1.42. The van der Waals surface area contributed by atoms with E-state index < -0.39 is 0 Å². The zero-order valence-corrected chi connectivity index (χ0v) is 11.3. The maximum absolute atomic E-state index is 12.9. The minimum Gasteiger partial charge on any atom is -0.356 e. The van der Waals surface area contributed by atoms with E-state index in [-0.39, 0.29) is 11.7 Å². The fraction of sp³-hybridized carbons (Fsp3) is 0.533. The van der Waals surface area contributed by atoms with Gasteiger partial charge in [-0.2, -0.15) is 0 Å². The first kappa shape index (κ1) is 14.0. The van der Waals surface area contributed by atoms with Crippen molar-refractivity contribution in [3.8, 4) is 0 Å². The average Bonchev–Trinajstić information content (AvgIpc) is 3.16. The molecule has 0 atom stereocenters. The standard InChI is InChI=1S/C15H21FN2O/c1-11-10-13(16)3-2-12(11)6-8-18-15(19)7-9-17-14-4-5-14/h2-3,10,14,17H,4-9H2,1H3,(H,18,19). The third-order valence-corrected chi connectivity index (χ3v) is 3.38. The molecule has 1 saturated carbocycles. The molecular formula is C15H21FN2O. The summed E-state index contributed by atoms with van der Waals surface area (Å²) in [6.45, 7) is 3.25. The van der Waals surface area contributed by atoms with Crippen LogP contribution in [0.25, 0.3) is 0 Å². The highest BCUT2D eigenvalue weighted by atomic mass is 19.1. The summed E-state index contributed by atoms with van der Waals surface area (Å²) >= 11 is 0. The van der Waals surface area contributed by atoms with Crippen molar-refractivity contribution in [3.63, 3.8) is 0 Å². The quantitative estimate of drug-likeness (QED) is 0.790. The number of hydrogen-bond donors (Lipinski definition) is 2. The van der Waals surface area contributed by atoms with Gasteiger partial charge < -0.3 is 10.6 Å². The predicted molar refractivity (Wildman–Crippen MR) is 73.5 cm³/mol. The van der Waals surface area contributed by atoms with E-state index in [1.807, 2.05) is 6.92 Å². The first-order valence-electron chi connectivity index (χ1n) is 6.90. The highest BCUT2D eigenvalue weighted by Crippen LogP contribution is 2.18. The summed E-state index contributed by atoms with van der Waals surface area (Å²) in [5.74, 6) is -0.135. The van der Waals surface area contributed by atoms with Crippen LogP contribution in [0.1, 0.15) is 30.4 Å². The van der Waals surface area contributed by atoms with Crippen LogP contribution in [-0.4, -0.2) is 25.0 Å². The molecule has 4 heteroatoms. The fourth-order valence-corrected chi connectivity index (χ4v) is 2.04. The van der Waals surface area contributed by atoms with Crippen molar-refractivity contribution >= 4 is 5.91 Å². The molecule has 104 valence electrons. The monoisotopic (exact) mass is 264 g/mol. The predicted octanol–water partition coefficient (Wildman–Crippen LogP) is 1.93. The molecule has 2 N–H and O–H groups in total. The Morgan fingerprint density at radius 2 is 2.16 bits per heavy atom. The lowest BCUT2D eigenvalue weighted by atomic mass is 10.1. The summed E-state index contributed by atoms with van der Waals surface area (Å²) in [6.07, 6.45) is 3.75. The minimum atomic E-state index is -0.212. The number of hydrogen-bond acceptors (Lipinski definition) is 2. The SMILES string of the molecule is Cc1cc(F)ccc1CCNC(=O)CCNC1CC1. The molecule has 1 aromatic rings. The largest absolute Gasteiger partial charge is 0.356 e. The van der Waals surface area contributed by atoms with Gasteiger partial charge >= 0.3 is 0 Å². The summed E-state index contributed by atoms with van der Waals surface area (Å²) in [5, 5.41) is 6.20. The van der Waals surface area contributed by atoms with Crippen LogP contribution in [0.2, 0.25) is 0 Å². The van der Waals surface area contributed by atoms with E-state index in [0.717, 1.165) is 24.1 Å². The molecule has 1 amide bonds. The molecule has 0 radical (unpaired) electrons. The number of aryl methyl sites for hydroxylation is 1. The lowest BCUT2D eigenvalue weighted by Crippen LogP contribution is -2.29. The van der Waals surface area contributed by atoms with Crippen LogP contribution < -0.4 is 10.6 Å². The molecule has 3 nitrogen and oxygen atoms in total. The van der Waals surface area contributed by atoms with Crippen LogP contribution in [0.4, 0.5) is 4.39 Å². The molecule has 2 rings (SSSR count). The molecule has 0 saturated heterocycles. The van der Waals surface area contributed by atoms with Crippen molar-refractivity contribution in [1.82, 2.24) is 10.6 Å². The van der Waals surface area contributed by atoms with Gasteiger partial charge in [-0.1, -0.05) is 6.07 Å². The Morgan fingerprint density at radius 1 is 1.37 bits per heavy atom. The van der Waals surface area contributed by atoms with Crippen molar-refractivity contribution in [2.45, 2.75) is 38.6 Å². The van der Waals surface area contributed by atoms with Crippen LogP contribution in [0.3, 0.4) is 0 Å². The number of carbonyl (C=O) groups excluding carboxylic acids is 1. The van der Waals surface area contributed by atoms with Gasteiger partial charge in [0.15, 0.2) is 0 Å². The van der Waals surface area contributed by atoms with Crippen LogP contribution in [0.15, 0.2) is 18.2 Å². The van der Waals surface area contributed by atoms with Crippen molar-refractivity contribution < 1.29 is 9.18 Å². The molecule has 0 spiro atoms. The van der Waals surface area contributed by atoms with E-state index in [2.05, 4.69) is 10.6 Å². The molecule has 0 aliphatic heterocycles. The number of rotatable bonds is 7. The van der Waals surface area contributed by atoms with Crippen molar-refractivity contribution in [1.29, 1.82) is 0 Å². The Morgan fingerprint density at radius 3 is 2.84 bits per heavy atom. The summed E-state index contributed by atoms with van der Waals surface area (Å²) in [5.41, 5.74) is 2.02. The summed E-state index contributed by atoms with van der Waals surface area (Å²) in [4.78, 5) is 11.6. The Balaban J connectivity index is 1.63. The molecule has 0 unspecified atom stereocenters. The van der Waals surface area contributed by atoms with Crippen molar-refractivity contribution in [3.05, 3.63) is 35.1 Å². The smallest absolute Gasteiger partial charge is 0.221 e. The fourth-order valence-electron chi connectivity index (χ4n) is 2.04. The molecule has 0 bridgehead atoms. The van der Waals surface area contributed by atoms with Crippen LogP contribution in [-0.2, 0) is 11.2 Å². The molecule has 19 heavy (non-hydrogen) atoms. The molecule has 0 aromatic heterocycles. The average molecular weight is 264 g/mol. The second kappa shape index (κ2) is 6.66. The molecule has 1 aliphatic rings. The number of benzene rings is 1. The molecule has 0 heterocycles. The first-order chi connectivity index (χ1) is 9.15. The van der Waals surface area contributed by atoms with E-state index in [9.17, 15) is 9.18 Å². The maximum Gasteiger partial charge on any atom is 0.221 e. The second-order valence-electron chi connectivity index (χ2n) is 5.15. The number of nitrogens with one attached hydrogen (secondary N) is 2. The van der Waals surface area contributed by atoms with Crippen molar-refractivity contribution in [2.75, 3.05) is 13.1 Å². The van der Waals surface area contributed by atoms with Gasteiger partial charge in [0.1, 0.15) is 5.82 Å². The highest BCUT2D eigenvalue weighted by molar-refractivity contribution is 5.76. The van der Waals surface area contributed by atoms with E-state index >= 15 is 0 Å². The van der Waals surface area contributed by atoms with Gasteiger partial charge in [0.25, 0.3) is 0 Å². The van der Waals surface area contributed by atoms with Gasteiger partial charge in [-0.25, -0.2) is 4.39 Å². The Labute approximate surface area is 113 Å². The summed E-state index contributed by atoms with van der Waals surface area (Å²) in [7, 11) is 0. The number of carbonyl (C=O) groups is 1. The lowest BCUT2D eigenvalue weighted by Gasteiger charge is -2.08. The Bertz CT molecular complexity index is 444. The summed E-state index contributed by atoms with van der Waals surface area (Å²) < 4.78 is 12.9. The molecular weight excluding hydrogens is 243 g/mol. The van der Waals surface area contributed by atoms with Gasteiger partial charge in [-0.15, -0.1) is 0 Å². The van der Waals surface area contributed by atoms with Gasteiger partial charge in [0.05, 0.1) is 0 Å². The number of halogens is 1. The number of amides is 1. The molecule has 1 fully saturated rings. The van der Waals surface area contributed by atoms with Gasteiger partial charge in [0, 0.05) is 25.6 Å². The highest BCUT2D eigenvalue weighted by Gasteiger charge is 2.19. The van der Waals surface area contributed by atoms with Crippen LogP contribution in [0.5, 0.6) is 0 Å². The third kappa shape index (κ3) is 4.99. The normalized spacial score (nSPS) is 14.4. The minimum absolute atomic E-state index is 0.0768. The second-order valence-corrected chi connectivity index (χ2v) is 5.15. The topological polar surface area (TPSA) is 41.1 Å². The molecule has 1 aliphatic carbocycles. The lowest BCUT2D eigenvalue weighted by molar-refractivity contribution is -0.120. The first-order valence-corrected chi connectivity index (χ1v) is 6.90. The van der Waals surface area contributed by atoms with Gasteiger partial charge in [-0.3, -0.25) is 4.79 Å². The zero-order valence-electron chi connectivity index (χ0n) is 11.3. The van der Waals surface area contributed by atoms with E-state index in [4.69, 9.17) is 0 Å². The molecule has 1 aromatic carbocycles. The van der Waals surface area contributed by atoms with Crippen LogP contribution >= 0.6 is 0 Å². The Kier molecular flexibility index (Phi) is 4.91. The van der Waals surface area contributed by atoms with Gasteiger partial charge in [0.2, 0.25) is 5.91 Å². The third-order valence-electron chi connectivity index (χ3n) is 3.38. The van der Waals surface area contributed by atoms with E-state index in [1.54, 1.807) is 6.07 Å². The van der Waals surface area contributed by atoms with Gasteiger partial charge in [-0.05, 0) is 49.4 Å². The zero-order chi connectivity index (χ0) is 13.7. The van der Waals surface area contributed by atoms with E-state index in [1.165, 1.54) is 25.0 Å². The summed E-state index contributed by atoms with van der Waals surface area (Å²) in [6, 6.07) is 5.42. The maximum atomic E-state index is 12.9. The van der Waals surface area contributed by atoms with Crippen molar-refractivity contribution in [2.24, 2.45) is 0 Å². The van der Waals surface area contributed by atoms with Crippen LogP contribution in [0, 0.1) is 12.7 Å².